The molecule has 0 aliphatic carbocycles. The van der Waals surface area contributed by atoms with Crippen molar-refractivity contribution >= 4 is 0 Å². The predicted octanol–water partition coefficient (Wildman–Crippen LogP) is 6.68. The zero-order valence-corrected chi connectivity index (χ0v) is 17.8. The van der Waals surface area contributed by atoms with Crippen molar-refractivity contribution in [2.24, 2.45) is 5.92 Å². The van der Waals surface area contributed by atoms with Crippen molar-refractivity contribution in [1.82, 2.24) is 0 Å². The first-order valence-corrected chi connectivity index (χ1v) is 10.3. The highest BCUT2D eigenvalue weighted by molar-refractivity contribution is 5.71. The fourth-order valence-corrected chi connectivity index (χ4v) is 3.73. The van der Waals surface area contributed by atoms with Crippen LogP contribution < -0.4 is 4.74 Å². The van der Waals surface area contributed by atoms with Gasteiger partial charge in [-0.15, -0.1) is 0 Å². The first kappa shape index (κ1) is 22.1. The van der Waals surface area contributed by atoms with Crippen molar-refractivity contribution in [3.05, 3.63) is 89.8 Å². The fourth-order valence-electron chi connectivity index (χ4n) is 3.73. The summed E-state index contributed by atoms with van der Waals surface area (Å²) in [6, 6.07) is 14.5. The summed E-state index contributed by atoms with van der Waals surface area (Å²) >= 11 is 0. The van der Waals surface area contributed by atoms with Crippen LogP contribution >= 0.6 is 0 Å². The zero-order valence-electron chi connectivity index (χ0n) is 17.8. The summed E-state index contributed by atoms with van der Waals surface area (Å²) in [5.41, 5.74) is 2.37. The van der Waals surface area contributed by atoms with Gasteiger partial charge in [0.2, 0.25) is 5.82 Å². The van der Waals surface area contributed by atoms with Gasteiger partial charge < -0.3 is 14.2 Å². The molecule has 1 aliphatic heterocycles. The third-order valence-electron chi connectivity index (χ3n) is 5.44. The molecule has 3 aromatic rings. The van der Waals surface area contributed by atoms with Crippen molar-refractivity contribution in [1.29, 1.82) is 0 Å². The molecule has 0 atom stereocenters. The van der Waals surface area contributed by atoms with Crippen molar-refractivity contribution in [2.45, 2.75) is 13.2 Å². The van der Waals surface area contributed by atoms with Gasteiger partial charge in [-0.05, 0) is 41.8 Å². The van der Waals surface area contributed by atoms with Crippen LogP contribution in [0.2, 0.25) is 0 Å². The van der Waals surface area contributed by atoms with E-state index in [0.29, 0.717) is 29.9 Å². The lowest BCUT2D eigenvalue weighted by atomic mass is 9.98. The van der Waals surface area contributed by atoms with Crippen molar-refractivity contribution in [2.75, 3.05) is 20.3 Å². The molecule has 0 unspecified atom stereocenters. The number of hydrogen-bond acceptors (Lipinski definition) is 3. The van der Waals surface area contributed by atoms with Gasteiger partial charge in [0.05, 0.1) is 20.3 Å². The summed E-state index contributed by atoms with van der Waals surface area (Å²) in [6.45, 7) is 2.88. The predicted molar refractivity (Wildman–Crippen MR) is 117 cm³/mol. The molecule has 4 rings (SSSR count). The van der Waals surface area contributed by atoms with Crippen molar-refractivity contribution < 1.29 is 27.4 Å². The lowest BCUT2D eigenvalue weighted by Crippen LogP contribution is -2.26. The number of hydrogen-bond donors (Lipinski definition) is 0. The summed E-state index contributed by atoms with van der Waals surface area (Å²) in [4.78, 5) is 0. The lowest BCUT2D eigenvalue weighted by molar-refractivity contribution is -0.198. The van der Waals surface area contributed by atoms with Gasteiger partial charge in [0.15, 0.2) is 17.9 Å². The molecule has 0 saturated carbocycles. The molecule has 0 N–H and O–H groups in total. The van der Waals surface area contributed by atoms with Gasteiger partial charge in [-0.3, -0.25) is 0 Å². The highest BCUT2D eigenvalue weighted by atomic mass is 19.2. The Bertz CT molecular complexity index is 1120. The Hall–Kier alpha value is -3.09. The van der Waals surface area contributed by atoms with E-state index in [1.165, 1.54) is 25.3 Å². The van der Waals surface area contributed by atoms with Crippen LogP contribution in [0.4, 0.5) is 13.2 Å². The topological polar surface area (TPSA) is 27.7 Å². The molecule has 6 heteroatoms. The minimum Gasteiger partial charge on any atom is -0.494 e. The maximum atomic E-state index is 14.8. The molecule has 0 amide bonds. The molecule has 3 aromatic carbocycles. The van der Waals surface area contributed by atoms with E-state index in [4.69, 9.17) is 14.2 Å². The van der Waals surface area contributed by atoms with Crippen LogP contribution in [0.25, 0.3) is 22.3 Å². The van der Waals surface area contributed by atoms with Crippen LogP contribution in [0.15, 0.2) is 66.7 Å². The molecule has 0 bridgehead atoms. The van der Waals surface area contributed by atoms with E-state index in [9.17, 15) is 13.2 Å². The van der Waals surface area contributed by atoms with Crippen LogP contribution in [0.1, 0.15) is 18.8 Å². The molecule has 1 heterocycles. The van der Waals surface area contributed by atoms with Gasteiger partial charge in [0.1, 0.15) is 5.82 Å². The highest BCUT2D eigenvalue weighted by Crippen LogP contribution is 2.33. The summed E-state index contributed by atoms with van der Waals surface area (Å²) in [6.07, 6.45) is 3.21. The molecule has 1 fully saturated rings. The van der Waals surface area contributed by atoms with E-state index >= 15 is 0 Å². The van der Waals surface area contributed by atoms with E-state index < -0.39 is 23.7 Å². The summed E-state index contributed by atoms with van der Waals surface area (Å²) in [5, 5.41) is 0. The molecule has 0 radical (unpaired) electrons. The van der Waals surface area contributed by atoms with E-state index in [2.05, 4.69) is 0 Å². The summed E-state index contributed by atoms with van der Waals surface area (Å²) < 4.78 is 59.3. The average Bonchev–Trinajstić information content (AvgIpc) is 2.82. The maximum Gasteiger partial charge on any atom is 0.201 e. The average molecular weight is 440 g/mol. The second-order valence-electron chi connectivity index (χ2n) is 7.54. The maximum absolute atomic E-state index is 14.8. The first-order chi connectivity index (χ1) is 15.5. The summed E-state index contributed by atoms with van der Waals surface area (Å²) in [5.74, 6) is -2.42. The molecular weight excluding hydrogens is 417 g/mol. The van der Waals surface area contributed by atoms with E-state index in [1.54, 1.807) is 36.4 Å². The number of allylic oxidation sites excluding steroid dienone is 1. The highest BCUT2D eigenvalue weighted by Gasteiger charge is 2.24. The Labute approximate surface area is 185 Å². The smallest absolute Gasteiger partial charge is 0.201 e. The molecule has 1 saturated heterocycles. The van der Waals surface area contributed by atoms with E-state index in [1.807, 2.05) is 19.1 Å². The molecule has 0 spiro atoms. The minimum atomic E-state index is -1.03. The monoisotopic (exact) mass is 440 g/mol. The Morgan fingerprint density at radius 3 is 2.12 bits per heavy atom. The number of rotatable bonds is 5. The largest absolute Gasteiger partial charge is 0.494 e. The lowest BCUT2D eigenvalue weighted by Gasteiger charge is -2.28. The number of benzene rings is 3. The second-order valence-corrected chi connectivity index (χ2v) is 7.54. The number of ether oxygens (including phenoxy) is 3. The molecular formula is C26H23F3O3. The van der Waals surface area contributed by atoms with Crippen LogP contribution in [0.3, 0.4) is 0 Å². The first-order valence-electron chi connectivity index (χ1n) is 10.3. The third-order valence-corrected chi connectivity index (χ3v) is 5.44. The molecule has 166 valence electrons. The Morgan fingerprint density at radius 2 is 1.50 bits per heavy atom. The number of methoxy groups -OCH3 is 1. The van der Waals surface area contributed by atoms with Crippen LogP contribution in [0.5, 0.6) is 5.75 Å². The second kappa shape index (κ2) is 9.59. The normalized spacial score (nSPS) is 18.8. The molecule has 1 aliphatic rings. The van der Waals surface area contributed by atoms with Gasteiger partial charge in [0, 0.05) is 17.0 Å². The fraction of sp³-hybridized carbons (Fsp3) is 0.231. The summed E-state index contributed by atoms with van der Waals surface area (Å²) in [7, 11) is 1.28. The standard InChI is InChI=1S/C26H23F3O3/c1-3-4-16-14-31-26(32-15-16)21-10-9-19(13-22(21)27)17-5-7-18(8-6-17)20-11-12-23(30-2)25(29)24(20)28/h3-13,16,26H,14-15H2,1-2H3. The minimum absolute atomic E-state index is 0.124. The quantitative estimate of drug-likeness (QED) is 0.414. The Kier molecular flexibility index (Phi) is 6.63. The van der Waals surface area contributed by atoms with Crippen LogP contribution in [-0.2, 0) is 9.47 Å². The van der Waals surface area contributed by atoms with E-state index in [0.717, 1.165) is 5.56 Å². The van der Waals surface area contributed by atoms with Crippen LogP contribution in [0, 0.1) is 23.4 Å². The Balaban J connectivity index is 1.53. The molecule has 3 nitrogen and oxygen atoms in total. The van der Waals surface area contributed by atoms with Crippen molar-refractivity contribution in [3.8, 4) is 28.0 Å². The van der Waals surface area contributed by atoms with E-state index in [-0.39, 0.29) is 17.2 Å². The molecule has 32 heavy (non-hydrogen) atoms. The zero-order chi connectivity index (χ0) is 22.7. The molecule has 0 aromatic heterocycles. The van der Waals surface area contributed by atoms with Crippen molar-refractivity contribution in [3.63, 3.8) is 0 Å². The van der Waals surface area contributed by atoms with Gasteiger partial charge in [0.25, 0.3) is 0 Å². The Morgan fingerprint density at radius 1 is 0.844 bits per heavy atom. The van der Waals surface area contributed by atoms with Gasteiger partial charge in [-0.2, -0.15) is 4.39 Å². The SMILES string of the molecule is CC=CC1COC(c2ccc(-c3ccc(-c4ccc(OC)c(F)c4F)cc3)cc2F)OC1. The van der Waals surface area contributed by atoms with Crippen LogP contribution in [-0.4, -0.2) is 20.3 Å². The third kappa shape index (κ3) is 4.42. The van der Waals surface area contributed by atoms with Gasteiger partial charge >= 0.3 is 0 Å². The van der Waals surface area contributed by atoms with Gasteiger partial charge in [-0.1, -0.05) is 48.6 Å². The number of halogens is 3. The van der Waals surface area contributed by atoms with Gasteiger partial charge in [-0.25, -0.2) is 8.78 Å².